The van der Waals surface area contributed by atoms with E-state index in [0.29, 0.717) is 0 Å². The van der Waals surface area contributed by atoms with Crippen molar-refractivity contribution in [1.82, 2.24) is 9.97 Å². The van der Waals surface area contributed by atoms with Gasteiger partial charge in [-0.2, -0.15) is 0 Å². The van der Waals surface area contributed by atoms with Gasteiger partial charge in [-0.05, 0) is 18.6 Å². The van der Waals surface area contributed by atoms with Crippen LogP contribution < -0.4 is 0 Å². The number of aromatic nitrogens is 2. The van der Waals surface area contributed by atoms with Crippen molar-refractivity contribution in [3.05, 3.63) is 52.9 Å². The highest BCUT2D eigenvalue weighted by atomic mass is 19.2. The average molecular weight is 284 g/mol. The Labute approximate surface area is 112 Å². The number of imidazole rings is 1. The fraction of sp³-hybridized carbons (Fsp3) is 0.231. The van der Waals surface area contributed by atoms with Crippen molar-refractivity contribution in [1.29, 1.82) is 0 Å². The molecule has 2 aromatic rings. The number of carbonyl (C=O) groups excluding carboxylic acids is 1. The van der Waals surface area contributed by atoms with Crippen LogP contribution in [0.2, 0.25) is 0 Å². The third-order valence-electron chi connectivity index (χ3n) is 2.60. The van der Waals surface area contributed by atoms with Gasteiger partial charge in [0.2, 0.25) is 0 Å². The van der Waals surface area contributed by atoms with E-state index in [9.17, 15) is 18.0 Å². The first-order chi connectivity index (χ1) is 9.52. The van der Waals surface area contributed by atoms with Crippen molar-refractivity contribution < 1.29 is 22.7 Å². The number of rotatable bonds is 4. The van der Waals surface area contributed by atoms with Crippen LogP contribution in [0.1, 0.15) is 28.8 Å². The zero-order valence-electron chi connectivity index (χ0n) is 10.5. The minimum absolute atomic E-state index is 0.0614. The maximum Gasteiger partial charge on any atom is 0.356 e. The smallest absolute Gasteiger partial charge is 0.356 e. The van der Waals surface area contributed by atoms with Crippen LogP contribution in [-0.4, -0.2) is 22.5 Å². The fourth-order valence-electron chi connectivity index (χ4n) is 1.65. The summed E-state index contributed by atoms with van der Waals surface area (Å²) in [5, 5.41) is 0. The Kier molecular flexibility index (Phi) is 4.07. The summed E-state index contributed by atoms with van der Waals surface area (Å²) in [4.78, 5) is 17.9. The lowest BCUT2D eigenvalue weighted by Crippen LogP contribution is -2.05. The lowest BCUT2D eigenvalue weighted by molar-refractivity contribution is 0.0520. The molecular formula is C13H11F3N2O2. The van der Waals surface area contributed by atoms with Crippen LogP contribution in [-0.2, 0) is 11.2 Å². The third-order valence-corrected chi connectivity index (χ3v) is 2.60. The van der Waals surface area contributed by atoms with Gasteiger partial charge in [-0.3, -0.25) is 0 Å². The van der Waals surface area contributed by atoms with Gasteiger partial charge < -0.3 is 9.72 Å². The van der Waals surface area contributed by atoms with Crippen molar-refractivity contribution in [2.24, 2.45) is 0 Å². The molecule has 0 aliphatic rings. The van der Waals surface area contributed by atoms with E-state index in [1.807, 2.05) is 0 Å². The Balaban J connectivity index is 2.19. The molecule has 0 spiro atoms. The molecule has 106 valence electrons. The van der Waals surface area contributed by atoms with Crippen molar-refractivity contribution >= 4 is 5.97 Å². The summed E-state index contributed by atoms with van der Waals surface area (Å²) in [6.45, 7) is 1.87. The Morgan fingerprint density at radius 3 is 2.75 bits per heavy atom. The van der Waals surface area contributed by atoms with E-state index in [1.54, 1.807) is 6.92 Å². The molecule has 1 aromatic heterocycles. The molecule has 0 amide bonds. The molecule has 1 aromatic carbocycles. The number of nitrogens with one attached hydrogen (secondary N) is 1. The quantitative estimate of drug-likeness (QED) is 0.693. The van der Waals surface area contributed by atoms with Gasteiger partial charge in [0.05, 0.1) is 12.8 Å². The Morgan fingerprint density at radius 2 is 2.05 bits per heavy atom. The minimum atomic E-state index is -1.53. The number of halogens is 3. The zero-order valence-corrected chi connectivity index (χ0v) is 10.5. The van der Waals surface area contributed by atoms with Gasteiger partial charge in [0.1, 0.15) is 11.5 Å². The number of esters is 1. The molecule has 0 aliphatic heterocycles. The SMILES string of the molecule is CCOC(=O)c1cnc(Cc2ccc(F)c(F)c2F)[nH]1. The highest BCUT2D eigenvalue weighted by molar-refractivity contribution is 5.86. The predicted molar refractivity (Wildman–Crippen MR) is 63.7 cm³/mol. The summed E-state index contributed by atoms with van der Waals surface area (Å²) in [6, 6.07) is 1.96. The second-order valence-electron chi connectivity index (χ2n) is 3.98. The molecule has 0 saturated heterocycles. The minimum Gasteiger partial charge on any atom is -0.461 e. The maximum absolute atomic E-state index is 13.5. The van der Waals surface area contributed by atoms with Crippen molar-refractivity contribution in [3.8, 4) is 0 Å². The highest BCUT2D eigenvalue weighted by Crippen LogP contribution is 2.17. The maximum atomic E-state index is 13.5. The van der Waals surface area contributed by atoms with Crippen LogP contribution in [0.3, 0.4) is 0 Å². The molecule has 0 fully saturated rings. The van der Waals surface area contributed by atoms with E-state index in [1.165, 1.54) is 6.20 Å². The molecule has 0 atom stereocenters. The number of H-pyrrole nitrogens is 1. The van der Waals surface area contributed by atoms with E-state index in [2.05, 4.69) is 9.97 Å². The number of benzene rings is 1. The first-order valence-corrected chi connectivity index (χ1v) is 5.86. The summed E-state index contributed by atoms with van der Waals surface area (Å²) in [6.07, 6.45) is 1.15. The largest absolute Gasteiger partial charge is 0.461 e. The standard InChI is InChI=1S/C13H11F3N2O2/c1-2-20-13(19)9-6-17-10(18-9)5-7-3-4-8(14)12(16)11(7)15/h3-4,6H,2,5H2,1H3,(H,17,18). The van der Waals surface area contributed by atoms with Crippen LogP contribution in [0.15, 0.2) is 18.3 Å². The second kappa shape index (κ2) is 5.77. The summed E-state index contributed by atoms with van der Waals surface area (Å²) in [7, 11) is 0. The predicted octanol–water partition coefficient (Wildman–Crippen LogP) is 2.59. The first-order valence-electron chi connectivity index (χ1n) is 5.86. The molecule has 0 saturated carbocycles. The molecule has 0 unspecified atom stereocenters. The van der Waals surface area contributed by atoms with E-state index in [4.69, 9.17) is 4.74 Å². The molecule has 0 aliphatic carbocycles. The molecule has 1 heterocycles. The summed E-state index contributed by atoms with van der Waals surface area (Å²) in [5.41, 5.74) is 0.0542. The van der Waals surface area contributed by atoms with E-state index < -0.39 is 23.4 Å². The lowest BCUT2D eigenvalue weighted by Gasteiger charge is -2.02. The number of hydrogen-bond donors (Lipinski definition) is 1. The van der Waals surface area contributed by atoms with Gasteiger partial charge in [-0.15, -0.1) is 0 Å². The summed E-state index contributed by atoms with van der Waals surface area (Å²) >= 11 is 0. The van der Waals surface area contributed by atoms with Gasteiger partial charge in [-0.25, -0.2) is 22.9 Å². The van der Waals surface area contributed by atoms with Crippen LogP contribution in [0.4, 0.5) is 13.2 Å². The number of ether oxygens (including phenoxy) is 1. The molecule has 7 heteroatoms. The molecule has 0 radical (unpaired) electrons. The Morgan fingerprint density at radius 1 is 1.30 bits per heavy atom. The number of hydrogen-bond acceptors (Lipinski definition) is 3. The monoisotopic (exact) mass is 284 g/mol. The van der Waals surface area contributed by atoms with Crippen LogP contribution in [0.25, 0.3) is 0 Å². The van der Waals surface area contributed by atoms with Crippen molar-refractivity contribution in [2.45, 2.75) is 13.3 Å². The van der Waals surface area contributed by atoms with Gasteiger partial charge in [-0.1, -0.05) is 6.07 Å². The summed E-state index contributed by atoms with van der Waals surface area (Å²) in [5.74, 6) is -4.38. The van der Waals surface area contributed by atoms with E-state index in [-0.39, 0.29) is 30.1 Å². The molecule has 0 bridgehead atoms. The van der Waals surface area contributed by atoms with Gasteiger partial charge in [0.25, 0.3) is 0 Å². The van der Waals surface area contributed by atoms with Crippen molar-refractivity contribution in [2.75, 3.05) is 6.61 Å². The second-order valence-corrected chi connectivity index (χ2v) is 3.98. The topological polar surface area (TPSA) is 55.0 Å². The Hall–Kier alpha value is -2.31. The lowest BCUT2D eigenvalue weighted by atomic mass is 10.1. The fourth-order valence-corrected chi connectivity index (χ4v) is 1.65. The van der Waals surface area contributed by atoms with E-state index in [0.717, 1.165) is 12.1 Å². The van der Waals surface area contributed by atoms with Crippen LogP contribution >= 0.6 is 0 Å². The van der Waals surface area contributed by atoms with E-state index >= 15 is 0 Å². The van der Waals surface area contributed by atoms with Crippen LogP contribution in [0.5, 0.6) is 0 Å². The first kappa shape index (κ1) is 14.1. The average Bonchev–Trinajstić information content (AvgIpc) is 2.88. The van der Waals surface area contributed by atoms with Crippen LogP contribution in [0, 0.1) is 17.5 Å². The highest BCUT2D eigenvalue weighted by Gasteiger charge is 2.16. The van der Waals surface area contributed by atoms with Gasteiger partial charge >= 0.3 is 5.97 Å². The number of carbonyl (C=O) groups is 1. The van der Waals surface area contributed by atoms with Gasteiger partial charge in [0, 0.05) is 6.42 Å². The number of nitrogens with zero attached hydrogens (tertiary/aromatic N) is 1. The third kappa shape index (κ3) is 2.81. The normalized spacial score (nSPS) is 10.6. The van der Waals surface area contributed by atoms with Gasteiger partial charge in [0.15, 0.2) is 17.5 Å². The zero-order chi connectivity index (χ0) is 14.7. The molecule has 1 N–H and O–H groups in total. The molecule has 2 rings (SSSR count). The molecule has 4 nitrogen and oxygen atoms in total. The molecular weight excluding hydrogens is 273 g/mol. The summed E-state index contributed by atoms with van der Waals surface area (Å²) < 4.78 is 44.1. The molecule has 20 heavy (non-hydrogen) atoms. The Bertz CT molecular complexity index is 641. The number of aromatic amines is 1. The van der Waals surface area contributed by atoms with Crippen molar-refractivity contribution in [3.63, 3.8) is 0 Å².